The largest absolute Gasteiger partial charge is 0.497 e. The van der Waals surface area contributed by atoms with Crippen LogP contribution in [0.25, 0.3) is 0 Å². The Bertz CT molecular complexity index is 1200. The SMILES string of the molecule is COc1ccc2c(c1)[C@]1(O[C@@H](CCO)[C@H]([Si](C)(C)F)[C@H]1C)C(=O)N2Cc1cccc(N2CCC2=O)c1. The topological polar surface area (TPSA) is 79.3 Å². The number of hydrogen-bond acceptors (Lipinski definition) is 5. The Balaban J connectivity index is 1.57. The molecule has 3 aliphatic heterocycles. The highest BCUT2D eigenvalue weighted by Gasteiger charge is 2.66. The molecule has 0 bridgehead atoms. The van der Waals surface area contributed by atoms with E-state index in [0.29, 0.717) is 30.0 Å². The number of amides is 2. The molecular formula is C27H33FN2O5Si. The molecule has 3 heterocycles. The molecule has 0 radical (unpaired) electrons. The van der Waals surface area contributed by atoms with Crippen LogP contribution in [0.3, 0.4) is 0 Å². The zero-order valence-corrected chi connectivity index (χ0v) is 22.2. The van der Waals surface area contributed by atoms with Gasteiger partial charge in [0.1, 0.15) is 5.75 Å². The first-order valence-corrected chi connectivity index (χ1v) is 15.4. The second-order valence-corrected chi connectivity index (χ2v) is 14.3. The zero-order chi connectivity index (χ0) is 25.8. The van der Waals surface area contributed by atoms with Crippen molar-refractivity contribution in [3.63, 3.8) is 0 Å². The van der Waals surface area contributed by atoms with E-state index in [9.17, 15) is 14.7 Å². The Morgan fingerprint density at radius 2 is 2.00 bits per heavy atom. The number of methoxy groups -OCH3 is 1. The van der Waals surface area contributed by atoms with Gasteiger partial charge in [-0.05, 0) is 55.4 Å². The highest BCUT2D eigenvalue weighted by Crippen LogP contribution is 2.60. The van der Waals surface area contributed by atoms with E-state index in [2.05, 4.69) is 0 Å². The van der Waals surface area contributed by atoms with Crippen molar-refractivity contribution in [2.24, 2.45) is 5.92 Å². The summed E-state index contributed by atoms with van der Waals surface area (Å²) in [6.07, 6.45) is 0.266. The number of anilines is 2. The average Bonchev–Trinajstić information content (AvgIpc) is 3.25. The standard InChI is InChI=1S/C27H33FN2O5Si/c1-17-25(36(3,4)28)23(11-13-31)35-27(17)21-15-20(34-2)8-9-22(21)30(26(27)33)16-18-6-5-7-19(14-18)29-12-10-24(29)32/h5-9,14-15,17,23,25,31H,10-13,16H2,1-4H3/t17-,23+,25-,27+/m1/s1. The van der Waals surface area contributed by atoms with Gasteiger partial charge in [-0.1, -0.05) is 19.1 Å². The Hall–Kier alpha value is -2.75. The molecule has 2 saturated heterocycles. The number of hydrogen-bond donors (Lipinski definition) is 1. The summed E-state index contributed by atoms with van der Waals surface area (Å²) in [7, 11) is -1.68. The molecule has 1 N–H and O–H groups in total. The Morgan fingerprint density at radius 1 is 1.22 bits per heavy atom. The Labute approximate surface area is 212 Å². The van der Waals surface area contributed by atoms with Gasteiger partial charge in [-0.2, -0.15) is 0 Å². The number of carbonyl (C=O) groups is 2. The number of nitrogens with zero attached hydrogens (tertiary/aromatic N) is 2. The van der Waals surface area contributed by atoms with E-state index in [-0.39, 0.29) is 31.4 Å². The highest BCUT2D eigenvalue weighted by molar-refractivity contribution is 6.72. The van der Waals surface area contributed by atoms with Crippen molar-refractivity contribution in [1.29, 1.82) is 0 Å². The summed E-state index contributed by atoms with van der Waals surface area (Å²) >= 11 is 0. The summed E-state index contributed by atoms with van der Waals surface area (Å²) in [6, 6.07) is 13.1. The number of fused-ring (bicyclic) bond motifs is 2. The van der Waals surface area contributed by atoms with Gasteiger partial charge in [0.15, 0.2) is 5.60 Å². The first-order chi connectivity index (χ1) is 17.1. The highest BCUT2D eigenvalue weighted by atomic mass is 28.4. The van der Waals surface area contributed by atoms with Gasteiger partial charge in [0, 0.05) is 42.3 Å². The second kappa shape index (κ2) is 8.97. The van der Waals surface area contributed by atoms with Gasteiger partial charge in [-0.3, -0.25) is 9.59 Å². The summed E-state index contributed by atoms with van der Waals surface area (Å²) in [5.74, 6) is 0.0326. The number of aliphatic hydroxyl groups is 1. The Kier molecular flexibility index (Phi) is 6.21. The Morgan fingerprint density at radius 3 is 2.61 bits per heavy atom. The molecule has 36 heavy (non-hydrogen) atoms. The van der Waals surface area contributed by atoms with Crippen molar-refractivity contribution in [3.05, 3.63) is 53.6 Å². The molecule has 2 fully saturated rings. The van der Waals surface area contributed by atoms with Crippen molar-refractivity contribution in [3.8, 4) is 5.75 Å². The van der Waals surface area contributed by atoms with Crippen LogP contribution in [0, 0.1) is 5.92 Å². The molecule has 2 aromatic carbocycles. The predicted octanol–water partition coefficient (Wildman–Crippen LogP) is 4.14. The lowest BCUT2D eigenvalue weighted by molar-refractivity contribution is -0.146. The molecule has 9 heteroatoms. The summed E-state index contributed by atoms with van der Waals surface area (Å²) in [5, 5.41) is 9.70. The van der Waals surface area contributed by atoms with Gasteiger partial charge < -0.3 is 28.5 Å². The first-order valence-electron chi connectivity index (χ1n) is 12.5. The third-order valence-corrected chi connectivity index (χ3v) is 10.5. The smallest absolute Gasteiger partial charge is 0.264 e. The molecule has 0 saturated carbocycles. The maximum atomic E-state index is 15.6. The fraction of sp³-hybridized carbons (Fsp3) is 0.481. The summed E-state index contributed by atoms with van der Waals surface area (Å²) in [4.78, 5) is 29.7. The van der Waals surface area contributed by atoms with Crippen LogP contribution < -0.4 is 14.5 Å². The number of halogens is 1. The van der Waals surface area contributed by atoms with Crippen LogP contribution in [0.15, 0.2) is 42.5 Å². The third kappa shape index (κ3) is 3.76. The van der Waals surface area contributed by atoms with Crippen molar-refractivity contribution in [2.45, 2.75) is 56.7 Å². The minimum absolute atomic E-state index is 0.0907. The quantitative estimate of drug-likeness (QED) is 0.343. The monoisotopic (exact) mass is 512 g/mol. The molecule has 3 aliphatic rings. The van der Waals surface area contributed by atoms with Crippen LogP contribution in [0.4, 0.5) is 15.5 Å². The summed E-state index contributed by atoms with van der Waals surface area (Å²) in [6.45, 7) is 6.03. The number of carbonyl (C=O) groups excluding carboxylic acids is 2. The van der Waals surface area contributed by atoms with E-state index in [1.807, 2.05) is 49.4 Å². The van der Waals surface area contributed by atoms with Crippen molar-refractivity contribution in [2.75, 3.05) is 30.1 Å². The predicted molar refractivity (Wildman–Crippen MR) is 137 cm³/mol. The van der Waals surface area contributed by atoms with E-state index in [4.69, 9.17) is 9.47 Å². The second-order valence-electron chi connectivity index (χ2n) is 10.5. The molecule has 1 spiro atoms. The maximum Gasteiger partial charge on any atom is 0.264 e. The van der Waals surface area contributed by atoms with Crippen molar-refractivity contribution < 1.29 is 28.3 Å². The van der Waals surface area contributed by atoms with Crippen LogP contribution in [-0.4, -0.2) is 51.7 Å². The number of aliphatic hydroxyl groups excluding tert-OH is 1. The molecule has 4 atom stereocenters. The fourth-order valence-corrected chi connectivity index (χ4v) is 8.84. The molecule has 2 aromatic rings. The maximum absolute atomic E-state index is 15.6. The lowest BCUT2D eigenvalue weighted by Crippen LogP contribution is -2.45. The van der Waals surface area contributed by atoms with Gasteiger partial charge in [0.25, 0.3) is 5.91 Å². The van der Waals surface area contributed by atoms with Gasteiger partial charge in [-0.25, -0.2) is 0 Å². The molecule has 0 unspecified atom stereocenters. The van der Waals surface area contributed by atoms with Crippen LogP contribution in [0.1, 0.15) is 30.9 Å². The lowest BCUT2D eigenvalue weighted by Gasteiger charge is -2.32. The molecule has 7 nitrogen and oxygen atoms in total. The van der Waals surface area contributed by atoms with Gasteiger partial charge in [0.05, 0.1) is 25.4 Å². The molecule has 2 amide bonds. The van der Waals surface area contributed by atoms with Crippen LogP contribution in [0.2, 0.25) is 18.6 Å². The van der Waals surface area contributed by atoms with Crippen LogP contribution in [0.5, 0.6) is 5.75 Å². The lowest BCUT2D eigenvalue weighted by atomic mass is 9.82. The minimum Gasteiger partial charge on any atom is -0.497 e. The van der Waals surface area contributed by atoms with E-state index >= 15 is 4.11 Å². The van der Waals surface area contributed by atoms with Crippen molar-refractivity contribution >= 4 is 31.6 Å². The number of rotatable bonds is 7. The number of benzene rings is 2. The van der Waals surface area contributed by atoms with Gasteiger partial charge in [0.2, 0.25) is 14.3 Å². The van der Waals surface area contributed by atoms with Gasteiger partial charge in [-0.15, -0.1) is 0 Å². The van der Waals surface area contributed by atoms with E-state index in [0.717, 1.165) is 11.3 Å². The molecule has 192 valence electrons. The zero-order valence-electron chi connectivity index (χ0n) is 21.2. The first kappa shape index (κ1) is 24.9. The van der Waals surface area contributed by atoms with Crippen LogP contribution >= 0.6 is 0 Å². The van der Waals surface area contributed by atoms with Crippen molar-refractivity contribution in [1.82, 2.24) is 0 Å². The van der Waals surface area contributed by atoms with Gasteiger partial charge >= 0.3 is 0 Å². The molecular weight excluding hydrogens is 479 g/mol. The summed E-state index contributed by atoms with van der Waals surface area (Å²) in [5.41, 5.74) is 1.29. The average molecular weight is 513 g/mol. The molecule has 5 rings (SSSR count). The summed E-state index contributed by atoms with van der Waals surface area (Å²) < 4.78 is 27.7. The normalized spacial score (nSPS) is 27.6. The number of β-lactam (4-membered cyclic amide) rings is 1. The minimum atomic E-state index is -3.25. The van der Waals surface area contributed by atoms with E-state index in [1.54, 1.807) is 30.0 Å². The fourth-order valence-electron chi connectivity index (χ4n) is 6.30. The third-order valence-electron chi connectivity index (χ3n) is 7.99. The molecule has 0 aliphatic carbocycles. The molecule has 0 aromatic heterocycles. The van der Waals surface area contributed by atoms with E-state index in [1.165, 1.54) is 0 Å². The van der Waals surface area contributed by atoms with E-state index < -0.39 is 31.6 Å². The van der Waals surface area contributed by atoms with Crippen LogP contribution in [-0.2, 0) is 26.5 Å². The number of ether oxygens (including phenoxy) is 2.